The van der Waals surface area contributed by atoms with E-state index in [4.69, 9.17) is 9.15 Å². The minimum absolute atomic E-state index is 0.0318. The molecule has 1 amide bonds. The Hall–Kier alpha value is -4.78. The summed E-state index contributed by atoms with van der Waals surface area (Å²) in [5, 5.41) is 21.0. The van der Waals surface area contributed by atoms with Gasteiger partial charge in [0.05, 0.1) is 24.4 Å². The number of nitrogens with zero attached hydrogens (tertiary/aromatic N) is 1. The molecule has 3 aromatic carbocycles. The zero-order valence-electron chi connectivity index (χ0n) is 20.1. The zero-order valence-corrected chi connectivity index (χ0v) is 20.1. The van der Waals surface area contributed by atoms with Crippen LogP contribution in [0.4, 0.5) is 0 Å². The molecule has 0 spiro atoms. The molecule has 0 saturated carbocycles. The van der Waals surface area contributed by atoms with Crippen molar-refractivity contribution in [3.63, 3.8) is 0 Å². The van der Waals surface area contributed by atoms with E-state index in [-0.39, 0.29) is 23.6 Å². The summed E-state index contributed by atoms with van der Waals surface area (Å²) in [4.78, 5) is 27.6. The van der Waals surface area contributed by atoms with Crippen LogP contribution in [0.3, 0.4) is 0 Å². The Bertz CT molecular complexity index is 1450. The van der Waals surface area contributed by atoms with Crippen molar-refractivity contribution in [3.8, 4) is 11.5 Å². The molecule has 37 heavy (non-hydrogen) atoms. The summed E-state index contributed by atoms with van der Waals surface area (Å²) < 4.78 is 11.3. The maximum Gasteiger partial charge on any atom is 0.296 e. The lowest BCUT2D eigenvalue weighted by molar-refractivity contribution is -0.140. The molecule has 1 aliphatic rings. The fourth-order valence-electron chi connectivity index (χ4n) is 4.45. The van der Waals surface area contributed by atoms with E-state index in [2.05, 4.69) is 0 Å². The summed E-state index contributed by atoms with van der Waals surface area (Å²) in [5.41, 5.74) is 3.10. The Morgan fingerprint density at radius 1 is 0.973 bits per heavy atom. The molecular formula is C30H25NO6. The van der Waals surface area contributed by atoms with Gasteiger partial charge in [-0.2, -0.15) is 0 Å². The maximum atomic E-state index is 13.1. The highest BCUT2D eigenvalue weighted by Gasteiger charge is 2.46. The number of likely N-dealkylation sites (tertiary alicyclic amines) is 1. The average molecular weight is 496 g/mol. The normalized spacial score (nSPS) is 16.8. The first-order valence-electron chi connectivity index (χ1n) is 11.8. The van der Waals surface area contributed by atoms with Gasteiger partial charge in [-0.15, -0.1) is 0 Å². The Labute approximate surface area is 213 Å². The second-order valence-corrected chi connectivity index (χ2v) is 8.90. The molecule has 1 aromatic heterocycles. The van der Waals surface area contributed by atoms with Crippen LogP contribution in [0.1, 0.15) is 34.1 Å². The van der Waals surface area contributed by atoms with Crippen LogP contribution in [0.25, 0.3) is 5.76 Å². The number of Topliss-reactive ketones (excluding diaryl/α,β-unsaturated/α-hetero) is 1. The van der Waals surface area contributed by atoms with Gasteiger partial charge < -0.3 is 24.3 Å². The molecule has 2 N–H and O–H groups in total. The second-order valence-electron chi connectivity index (χ2n) is 8.90. The number of hydrogen-bond acceptors (Lipinski definition) is 6. The van der Waals surface area contributed by atoms with Crippen LogP contribution < -0.4 is 4.74 Å². The first kappa shape index (κ1) is 23.9. The van der Waals surface area contributed by atoms with Gasteiger partial charge in [0.15, 0.2) is 0 Å². The molecule has 5 rings (SSSR count). The van der Waals surface area contributed by atoms with Gasteiger partial charge in [-0.05, 0) is 66.6 Å². The Morgan fingerprint density at radius 3 is 2.41 bits per heavy atom. The number of rotatable bonds is 7. The van der Waals surface area contributed by atoms with Crippen molar-refractivity contribution in [1.29, 1.82) is 0 Å². The van der Waals surface area contributed by atoms with Crippen molar-refractivity contribution in [3.05, 3.63) is 125 Å². The Kier molecular flexibility index (Phi) is 6.51. The molecule has 2 heterocycles. The summed E-state index contributed by atoms with van der Waals surface area (Å²) in [6, 6.07) is 23.5. The fourth-order valence-corrected chi connectivity index (χ4v) is 4.45. The number of phenolic OH excluding ortho intramolecular Hbond substituents is 1. The molecule has 4 aromatic rings. The van der Waals surface area contributed by atoms with E-state index in [1.807, 2.05) is 31.2 Å². The standard InChI is InChI=1S/C30H25NO6/c1-19-4-2-5-20(16-19)18-37-24-13-9-22(10-14-24)28(33)26-27(21-7-11-23(32)12-8-21)31(30(35)29(26)34)17-25-6-3-15-36-25/h2-16,27,32-33H,17-18H2,1H3/t27-/m0/s1. The lowest BCUT2D eigenvalue weighted by Crippen LogP contribution is -2.29. The van der Waals surface area contributed by atoms with Crippen LogP contribution in [0.5, 0.6) is 11.5 Å². The molecule has 7 heteroatoms. The van der Waals surface area contributed by atoms with Gasteiger partial charge in [0.25, 0.3) is 11.7 Å². The molecule has 1 fully saturated rings. The van der Waals surface area contributed by atoms with E-state index in [9.17, 15) is 19.8 Å². The van der Waals surface area contributed by atoms with Crippen LogP contribution in [-0.2, 0) is 22.7 Å². The highest BCUT2D eigenvalue weighted by molar-refractivity contribution is 6.46. The van der Waals surface area contributed by atoms with Crippen molar-refractivity contribution in [2.24, 2.45) is 0 Å². The molecule has 0 aliphatic carbocycles. The third-order valence-electron chi connectivity index (χ3n) is 6.27. The number of carbonyl (C=O) groups is 2. The second kappa shape index (κ2) is 10.1. The first-order chi connectivity index (χ1) is 17.9. The summed E-state index contributed by atoms with van der Waals surface area (Å²) in [6.45, 7) is 2.46. The van der Waals surface area contributed by atoms with Gasteiger partial charge in [-0.25, -0.2) is 0 Å². The van der Waals surface area contributed by atoms with Crippen molar-refractivity contribution in [1.82, 2.24) is 4.90 Å². The molecule has 186 valence electrons. The Balaban J connectivity index is 1.46. The van der Waals surface area contributed by atoms with E-state index >= 15 is 0 Å². The zero-order chi connectivity index (χ0) is 25.9. The van der Waals surface area contributed by atoms with Crippen LogP contribution in [0, 0.1) is 6.92 Å². The molecule has 1 saturated heterocycles. The third-order valence-corrected chi connectivity index (χ3v) is 6.27. The molecular weight excluding hydrogens is 470 g/mol. The van der Waals surface area contributed by atoms with Gasteiger partial charge in [0.1, 0.15) is 29.6 Å². The number of benzene rings is 3. The number of ketones is 1. The molecule has 1 atom stereocenters. The van der Waals surface area contributed by atoms with Crippen LogP contribution in [-0.4, -0.2) is 26.8 Å². The summed E-state index contributed by atoms with van der Waals surface area (Å²) in [6.07, 6.45) is 1.49. The number of aryl methyl sites for hydroxylation is 1. The lowest BCUT2D eigenvalue weighted by atomic mass is 9.95. The van der Waals surface area contributed by atoms with Gasteiger partial charge in [-0.1, -0.05) is 42.0 Å². The third kappa shape index (κ3) is 4.97. The first-order valence-corrected chi connectivity index (χ1v) is 11.8. The summed E-state index contributed by atoms with van der Waals surface area (Å²) in [5.74, 6) is -0.667. The molecule has 0 radical (unpaired) electrons. The minimum atomic E-state index is -0.858. The minimum Gasteiger partial charge on any atom is -0.508 e. The van der Waals surface area contributed by atoms with Crippen LogP contribution >= 0.6 is 0 Å². The number of ether oxygens (including phenoxy) is 1. The van der Waals surface area contributed by atoms with E-state index < -0.39 is 17.7 Å². The Morgan fingerprint density at radius 2 is 1.73 bits per heavy atom. The summed E-state index contributed by atoms with van der Waals surface area (Å²) in [7, 11) is 0. The number of aromatic hydroxyl groups is 1. The van der Waals surface area contributed by atoms with E-state index in [0.717, 1.165) is 11.1 Å². The number of amides is 1. The lowest BCUT2D eigenvalue weighted by Gasteiger charge is -2.24. The number of phenols is 1. The van der Waals surface area contributed by atoms with E-state index in [1.165, 1.54) is 23.3 Å². The van der Waals surface area contributed by atoms with Crippen LogP contribution in [0.2, 0.25) is 0 Å². The van der Waals surface area contributed by atoms with Gasteiger partial charge in [0, 0.05) is 5.56 Å². The molecule has 7 nitrogen and oxygen atoms in total. The number of aliphatic hydroxyl groups excluding tert-OH is 1. The maximum absolute atomic E-state index is 13.1. The molecule has 1 aliphatic heterocycles. The SMILES string of the molecule is Cc1cccc(COc2ccc(C(O)=C3C(=O)C(=O)N(Cc4ccco4)[C@H]3c3ccc(O)cc3)cc2)c1. The number of carbonyl (C=O) groups excluding carboxylic acids is 2. The molecule has 0 bridgehead atoms. The van der Waals surface area contributed by atoms with E-state index in [0.29, 0.717) is 29.2 Å². The predicted molar refractivity (Wildman–Crippen MR) is 137 cm³/mol. The van der Waals surface area contributed by atoms with Crippen LogP contribution in [0.15, 0.2) is 101 Å². The van der Waals surface area contributed by atoms with Crippen molar-refractivity contribution >= 4 is 17.4 Å². The summed E-state index contributed by atoms with van der Waals surface area (Å²) >= 11 is 0. The quantitative estimate of drug-likeness (QED) is 0.200. The predicted octanol–water partition coefficient (Wildman–Crippen LogP) is 5.49. The monoisotopic (exact) mass is 495 g/mol. The van der Waals surface area contributed by atoms with Gasteiger partial charge in [0.2, 0.25) is 0 Å². The van der Waals surface area contributed by atoms with Crippen molar-refractivity contribution in [2.45, 2.75) is 26.1 Å². The van der Waals surface area contributed by atoms with E-state index in [1.54, 1.807) is 48.5 Å². The number of furan rings is 1. The molecule has 0 unspecified atom stereocenters. The largest absolute Gasteiger partial charge is 0.508 e. The van der Waals surface area contributed by atoms with Gasteiger partial charge >= 0.3 is 0 Å². The number of aliphatic hydroxyl groups is 1. The number of hydrogen-bond donors (Lipinski definition) is 2. The highest BCUT2D eigenvalue weighted by Crippen LogP contribution is 2.40. The van der Waals surface area contributed by atoms with Crippen molar-refractivity contribution < 1.29 is 29.0 Å². The smallest absolute Gasteiger partial charge is 0.296 e. The average Bonchev–Trinajstić information content (AvgIpc) is 3.50. The van der Waals surface area contributed by atoms with Crippen molar-refractivity contribution in [2.75, 3.05) is 0 Å². The fraction of sp³-hybridized carbons (Fsp3) is 0.133. The topological polar surface area (TPSA) is 100 Å². The van der Waals surface area contributed by atoms with Gasteiger partial charge in [-0.3, -0.25) is 9.59 Å². The highest BCUT2D eigenvalue weighted by atomic mass is 16.5.